The lowest BCUT2D eigenvalue weighted by Gasteiger charge is -2.12. The van der Waals surface area contributed by atoms with Gasteiger partial charge in [0.15, 0.2) is 0 Å². The zero-order chi connectivity index (χ0) is 14.5. The van der Waals surface area contributed by atoms with Gasteiger partial charge in [0.1, 0.15) is 24.5 Å². The number of aryl methyl sites for hydroxylation is 3. The lowest BCUT2D eigenvalue weighted by Crippen LogP contribution is -2.03. The molecule has 0 aliphatic heterocycles. The molecule has 1 aromatic heterocycles. The van der Waals surface area contributed by atoms with Crippen LogP contribution in [0.4, 0.5) is 17.3 Å². The first-order chi connectivity index (χ1) is 9.60. The van der Waals surface area contributed by atoms with Crippen LogP contribution in [0.3, 0.4) is 0 Å². The van der Waals surface area contributed by atoms with E-state index in [0.29, 0.717) is 11.6 Å². The summed E-state index contributed by atoms with van der Waals surface area (Å²) < 4.78 is 0. The molecule has 20 heavy (non-hydrogen) atoms. The van der Waals surface area contributed by atoms with E-state index in [1.807, 2.05) is 6.07 Å². The van der Waals surface area contributed by atoms with Gasteiger partial charge in [0.25, 0.3) is 0 Å². The summed E-state index contributed by atoms with van der Waals surface area (Å²) in [6.07, 6.45) is 1.47. The van der Waals surface area contributed by atoms with E-state index in [0.717, 1.165) is 5.69 Å². The first-order valence-corrected chi connectivity index (χ1v) is 6.38. The van der Waals surface area contributed by atoms with Gasteiger partial charge in [0, 0.05) is 11.8 Å². The van der Waals surface area contributed by atoms with Gasteiger partial charge in [0.05, 0.1) is 6.07 Å². The Labute approximate surface area is 118 Å². The summed E-state index contributed by atoms with van der Waals surface area (Å²) >= 11 is 0. The molecule has 1 aromatic carbocycles. The predicted octanol–water partition coefficient (Wildman–Crippen LogP) is 3.08. The van der Waals surface area contributed by atoms with Crippen LogP contribution in [0.2, 0.25) is 0 Å². The minimum Gasteiger partial charge on any atom is -0.357 e. The van der Waals surface area contributed by atoms with Crippen LogP contribution in [-0.4, -0.2) is 16.5 Å². The molecule has 0 radical (unpaired) electrons. The third kappa shape index (κ3) is 3.23. The van der Waals surface area contributed by atoms with Crippen molar-refractivity contribution in [3.05, 3.63) is 41.2 Å². The Hall–Kier alpha value is -2.61. The minimum absolute atomic E-state index is 0.221. The normalized spacial score (nSPS) is 9.90. The number of nitrogens with zero attached hydrogens (tertiary/aromatic N) is 3. The second-order valence-electron chi connectivity index (χ2n) is 4.68. The summed E-state index contributed by atoms with van der Waals surface area (Å²) in [7, 11) is 0. The first-order valence-electron chi connectivity index (χ1n) is 6.38. The molecule has 0 bridgehead atoms. The number of hydrogen-bond acceptors (Lipinski definition) is 5. The predicted molar refractivity (Wildman–Crippen MR) is 80.1 cm³/mol. The summed E-state index contributed by atoms with van der Waals surface area (Å²) in [5, 5.41) is 14.7. The van der Waals surface area contributed by atoms with E-state index in [-0.39, 0.29) is 6.54 Å². The molecule has 0 saturated heterocycles. The third-order valence-electron chi connectivity index (χ3n) is 3.12. The lowest BCUT2D eigenvalue weighted by atomic mass is 10.1. The average molecular weight is 267 g/mol. The number of aromatic nitrogens is 2. The van der Waals surface area contributed by atoms with Crippen LogP contribution in [0.15, 0.2) is 24.5 Å². The zero-order valence-corrected chi connectivity index (χ0v) is 11.9. The van der Waals surface area contributed by atoms with Crippen molar-refractivity contribution in [3.63, 3.8) is 0 Å². The van der Waals surface area contributed by atoms with Crippen molar-refractivity contribution in [1.82, 2.24) is 9.97 Å². The van der Waals surface area contributed by atoms with E-state index < -0.39 is 0 Å². The Kier molecular flexibility index (Phi) is 4.16. The fourth-order valence-electron chi connectivity index (χ4n) is 1.89. The van der Waals surface area contributed by atoms with Gasteiger partial charge < -0.3 is 10.6 Å². The molecule has 102 valence electrons. The Balaban J connectivity index is 2.22. The largest absolute Gasteiger partial charge is 0.357 e. The van der Waals surface area contributed by atoms with E-state index in [9.17, 15) is 0 Å². The quantitative estimate of drug-likeness (QED) is 0.833. The van der Waals surface area contributed by atoms with Gasteiger partial charge in [-0.2, -0.15) is 5.26 Å². The molecule has 2 aromatic rings. The molecule has 5 heteroatoms. The SMILES string of the molecule is Cc1cc(C)c(Nc2cc(NCC#N)ncn2)cc1C. The molecule has 2 N–H and O–H groups in total. The summed E-state index contributed by atoms with van der Waals surface area (Å²) in [5.74, 6) is 1.33. The molecule has 0 amide bonds. The lowest BCUT2D eigenvalue weighted by molar-refractivity contribution is 1.14. The fraction of sp³-hybridized carbons (Fsp3) is 0.267. The van der Waals surface area contributed by atoms with Crippen LogP contribution >= 0.6 is 0 Å². The molecule has 1 heterocycles. The van der Waals surface area contributed by atoms with Crippen LogP contribution in [-0.2, 0) is 0 Å². The maximum Gasteiger partial charge on any atom is 0.135 e. The molecule has 0 aliphatic rings. The number of rotatable bonds is 4. The van der Waals surface area contributed by atoms with E-state index in [4.69, 9.17) is 5.26 Å². The molecule has 5 nitrogen and oxygen atoms in total. The van der Waals surface area contributed by atoms with Gasteiger partial charge in [-0.1, -0.05) is 6.07 Å². The van der Waals surface area contributed by atoms with Crippen LogP contribution in [0.25, 0.3) is 0 Å². The number of nitrogens with one attached hydrogen (secondary N) is 2. The highest BCUT2D eigenvalue weighted by Crippen LogP contribution is 2.23. The second kappa shape index (κ2) is 6.02. The van der Waals surface area contributed by atoms with E-state index >= 15 is 0 Å². The van der Waals surface area contributed by atoms with E-state index in [1.165, 1.54) is 23.0 Å². The molecule has 0 aliphatic carbocycles. The summed E-state index contributed by atoms with van der Waals surface area (Å²) in [6.45, 7) is 6.46. The fourth-order valence-corrected chi connectivity index (χ4v) is 1.89. The van der Waals surface area contributed by atoms with Crippen molar-refractivity contribution in [2.24, 2.45) is 0 Å². The van der Waals surface area contributed by atoms with Crippen LogP contribution < -0.4 is 10.6 Å². The van der Waals surface area contributed by atoms with Gasteiger partial charge in [-0.25, -0.2) is 9.97 Å². The monoisotopic (exact) mass is 267 g/mol. The molecule has 0 fully saturated rings. The molecule has 2 rings (SSSR count). The molecule has 0 unspecified atom stereocenters. The zero-order valence-electron chi connectivity index (χ0n) is 11.9. The van der Waals surface area contributed by atoms with Crippen molar-refractivity contribution in [3.8, 4) is 6.07 Å². The minimum atomic E-state index is 0.221. The van der Waals surface area contributed by atoms with Crippen molar-refractivity contribution in [1.29, 1.82) is 5.26 Å². The smallest absolute Gasteiger partial charge is 0.135 e. The summed E-state index contributed by atoms with van der Waals surface area (Å²) in [5.41, 5.74) is 4.69. The molecule has 0 spiro atoms. The first kappa shape index (κ1) is 13.8. The Morgan fingerprint density at radius 2 is 1.70 bits per heavy atom. The van der Waals surface area contributed by atoms with Gasteiger partial charge in [0.2, 0.25) is 0 Å². The molecular formula is C15H17N5. The number of anilines is 3. The average Bonchev–Trinajstić information content (AvgIpc) is 2.43. The van der Waals surface area contributed by atoms with Gasteiger partial charge in [-0.3, -0.25) is 0 Å². The Bertz CT molecular complexity index is 658. The number of hydrogen-bond donors (Lipinski definition) is 2. The van der Waals surface area contributed by atoms with Crippen LogP contribution in [0, 0.1) is 32.1 Å². The van der Waals surface area contributed by atoms with E-state index in [1.54, 1.807) is 6.07 Å². The number of benzene rings is 1. The second-order valence-corrected chi connectivity index (χ2v) is 4.68. The molecule has 0 saturated carbocycles. The van der Waals surface area contributed by atoms with E-state index in [2.05, 4.69) is 53.5 Å². The molecule has 0 atom stereocenters. The highest BCUT2D eigenvalue weighted by molar-refractivity contribution is 5.64. The number of nitriles is 1. The maximum atomic E-state index is 8.55. The van der Waals surface area contributed by atoms with Crippen LogP contribution in [0.1, 0.15) is 16.7 Å². The topological polar surface area (TPSA) is 73.6 Å². The van der Waals surface area contributed by atoms with Gasteiger partial charge in [-0.15, -0.1) is 0 Å². The third-order valence-corrected chi connectivity index (χ3v) is 3.12. The van der Waals surface area contributed by atoms with Crippen molar-refractivity contribution < 1.29 is 0 Å². The summed E-state index contributed by atoms with van der Waals surface area (Å²) in [6, 6.07) is 8.05. The summed E-state index contributed by atoms with van der Waals surface area (Å²) in [4.78, 5) is 8.25. The van der Waals surface area contributed by atoms with Crippen molar-refractivity contribution in [2.75, 3.05) is 17.2 Å². The van der Waals surface area contributed by atoms with Crippen molar-refractivity contribution in [2.45, 2.75) is 20.8 Å². The van der Waals surface area contributed by atoms with Gasteiger partial charge >= 0.3 is 0 Å². The highest BCUT2D eigenvalue weighted by atomic mass is 15.1. The van der Waals surface area contributed by atoms with Gasteiger partial charge in [-0.05, 0) is 43.5 Å². The van der Waals surface area contributed by atoms with Crippen molar-refractivity contribution >= 4 is 17.3 Å². The Morgan fingerprint density at radius 3 is 2.45 bits per heavy atom. The standard InChI is InChI=1S/C15H17N5/c1-10-6-12(3)13(7-11(10)2)20-15-8-14(17-5-4-16)18-9-19-15/h6-9H,5H2,1-3H3,(H2,17,18,19,20). The Morgan fingerprint density at radius 1 is 1.00 bits per heavy atom. The van der Waals surface area contributed by atoms with Crippen LogP contribution in [0.5, 0.6) is 0 Å². The molecular weight excluding hydrogens is 250 g/mol. The maximum absolute atomic E-state index is 8.55. The highest BCUT2D eigenvalue weighted by Gasteiger charge is 2.04.